The molecule has 0 aliphatic carbocycles. The van der Waals surface area contributed by atoms with Crippen LogP contribution in [0.4, 0.5) is 17.6 Å². The van der Waals surface area contributed by atoms with Crippen molar-refractivity contribution in [3.05, 3.63) is 6.07 Å². The number of nitrogens with two attached hydrogens (primary N) is 2. The van der Waals surface area contributed by atoms with Crippen LogP contribution in [0.5, 0.6) is 0 Å². The molecule has 0 amide bonds. The van der Waals surface area contributed by atoms with Gasteiger partial charge < -0.3 is 21.7 Å². The molecular formula is C12H22N6. The molecule has 0 spiro atoms. The molecule has 0 unspecified atom stereocenters. The Bertz CT molecular complexity index is 398. The van der Waals surface area contributed by atoms with Crippen molar-refractivity contribution in [1.82, 2.24) is 9.97 Å². The van der Waals surface area contributed by atoms with Crippen LogP contribution in [0.2, 0.25) is 0 Å². The van der Waals surface area contributed by atoms with E-state index in [9.17, 15) is 0 Å². The highest BCUT2D eigenvalue weighted by molar-refractivity contribution is 5.53. The number of hydrogen-bond donors (Lipinski definition) is 3. The van der Waals surface area contributed by atoms with Crippen LogP contribution >= 0.6 is 0 Å². The van der Waals surface area contributed by atoms with Crippen LogP contribution in [-0.4, -0.2) is 35.1 Å². The molecule has 1 aromatic heterocycles. The van der Waals surface area contributed by atoms with Gasteiger partial charge in [-0.25, -0.2) is 0 Å². The van der Waals surface area contributed by atoms with Crippen LogP contribution in [0.1, 0.15) is 26.7 Å². The van der Waals surface area contributed by atoms with Crippen LogP contribution in [0, 0.1) is 0 Å². The summed E-state index contributed by atoms with van der Waals surface area (Å²) in [5.74, 6) is 1.98. The van der Waals surface area contributed by atoms with Crippen molar-refractivity contribution in [2.24, 2.45) is 5.73 Å². The minimum absolute atomic E-state index is 0.311. The molecule has 2 heterocycles. The Morgan fingerprint density at radius 3 is 2.61 bits per heavy atom. The minimum atomic E-state index is 0.311. The Kier molecular flexibility index (Phi) is 3.86. The lowest BCUT2D eigenvalue weighted by Gasteiger charge is -2.31. The van der Waals surface area contributed by atoms with Gasteiger partial charge in [0.25, 0.3) is 0 Å². The highest BCUT2D eigenvalue weighted by Gasteiger charge is 2.18. The average Bonchev–Trinajstić information content (AvgIpc) is 2.28. The molecule has 1 aromatic rings. The Labute approximate surface area is 108 Å². The number of anilines is 3. The number of nitrogen functional groups attached to an aromatic ring is 1. The zero-order chi connectivity index (χ0) is 13.1. The number of aromatic nitrogens is 2. The summed E-state index contributed by atoms with van der Waals surface area (Å²) >= 11 is 0. The predicted molar refractivity (Wildman–Crippen MR) is 74.6 cm³/mol. The van der Waals surface area contributed by atoms with E-state index in [2.05, 4.69) is 34.0 Å². The van der Waals surface area contributed by atoms with Crippen molar-refractivity contribution in [3.8, 4) is 0 Å². The molecule has 0 saturated carbocycles. The van der Waals surface area contributed by atoms with E-state index in [1.54, 1.807) is 0 Å². The molecule has 2 rings (SSSR count). The summed E-state index contributed by atoms with van der Waals surface area (Å²) in [6, 6.07) is 2.59. The van der Waals surface area contributed by atoms with Gasteiger partial charge in [-0.05, 0) is 26.7 Å². The van der Waals surface area contributed by atoms with Crippen molar-refractivity contribution >= 4 is 17.6 Å². The summed E-state index contributed by atoms with van der Waals surface area (Å²) in [5.41, 5.74) is 11.7. The molecule has 0 atom stereocenters. The summed E-state index contributed by atoms with van der Waals surface area (Å²) in [5, 5.41) is 3.25. The zero-order valence-electron chi connectivity index (χ0n) is 11.1. The first-order valence-corrected chi connectivity index (χ1v) is 6.46. The maximum atomic E-state index is 5.90. The van der Waals surface area contributed by atoms with Crippen LogP contribution < -0.4 is 21.7 Å². The standard InChI is InChI=1S/C12H22N6/c1-8(2)15-10-7-11(17-12(14)16-10)18-5-3-9(13)4-6-18/h7-9H,3-6,13H2,1-2H3,(H3,14,15,16,17). The molecule has 1 aliphatic rings. The fourth-order valence-electron chi connectivity index (χ4n) is 2.11. The number of nitrogens with zero attached hydrogens (tertiary/aromatic N) is 3. The van der Waals surface area contributed by atoms with Gasteiger partial charge in [-0.15, -0.1) is 0 Å². The van der Waals surface area contributed by atoms with E-state index in [0.29, 0.717) is 18.0 Å². The van der Waals surface area contributed by atoms with Gasteiger partial charge in [0, 0.05) is 31.2 Å². The molecule has 5 N–H and O–H groups in total. The molecule has 6 nitrogen and oxygen atoms in total. The monoisotopic (exact) mass is 250 g/mol. The molecule has 1 aliphatic heterocycles. The highest BCUT2D eigenvalue weighted by Crippen LogP contribution is 2.21. The Hall–Kier alpha value is -1.56. The SMILES string of the molecule is CC(C)Nc1cc(N2CCC(N)CC2)nc(N)n1. The Morgan fingerprint density at radius 2 is 2.00 bits per heavy atom. The molecular weight excluding hydrogens is 228 g/mol. The number of rotatable bonds is 3. The van der Waals surface area contributed by atoms with Crippen molar-refractivity contribution in [2.45, 2.75) is 38.8 Å². The van der Waals surface area contributed by atoms with Gasteiger partial charge in [-0.1, -0.05) is 0 Å². The summed E-state index contributed by atoms with van der Waals surface area (Å²) in [6.45, 7) is 5.99. The van der Waals surface area contributed by atoms with E-state index in [-0.39, 0.29) is 0 Å². The third kappa shape index (κ3) is 3.22. The minimum Gasteiger partial charge on any atom is -0.368 e. The first-order valence-electron chi connectivity index (χ1n) is 6.46. The quantitative estimate of drug-likeness (QED) is 0.735. The lowest BCUT2D eigenvalue weighted by Crippen LogP contribution is -2.40. The summed E-state index contributed by atoms with van der Waals surface area (Å²) in [6.07, 6.45) is 1.99. The van der Waals surface area contributed by atoms with E-state index in [1.807, 2.05) is 6.07 Å². The van der Waals surface area contributed by atoms with E-state index in [1.165, 1.54) is 0 Å². The second-order valence-electron chi connectivity index (χ2n) is 5.09. The fourth-order valence-corrected chi connectivity index (χ4v) is 2.11. The molecule has 18 heavy (non-hydrogen) atoms. The van der Waals surface area contributed by atoms with Crippen molar-refractivity contribution in [1.29, 1.82) is 0 Å². The normalized spacial score (nSPS) is 17.2. The number of nitrogens with one attached hydrogen (secondary N) is 1. The lowest BCUT2D eigenvalue weighted by molar-refractivity contribution is 0.498. The molecule has 0 aromatic carbocycles. The maximum Gasteiger partial charge on any atom is 0.223 e. The van der Waals surface area contributed by atoms with Crippen LogP contribution in [0.15, 0.2) is 6.07 Å². The largest absolute Gasteiger partial charge is 0.368 e. The molecule has 100 valence electrons. The van der Waals surface area contributed by atoms with E-state index >= 15 is 0 Å². The van der Waals surface area contributed by atoms with Crippen LogP contribution in [0.3, 0.4) is 0 Å². The van der Waals surface area contributed by atoms with Crippen molar-refractivity contribution < 1.29 is 0 Å². The molecule has 1 fully saturated rings. The molecule has 6 heteroatoms. The summed E-state index contributed by atoms with van der Waals surface area (Å²) in [4.78, 5) is 10.7. The third-order valence-electron chi connectivity index (χ3n) is 3.03. The Morgan fingerprint density at radius 1 is 1.33 bits per heavy atom. The lowest BCUT2D eigenvalue weighted by atomic mass is 10.1. The Balaban J connectivity index is 2.14. The van der Waals surface area contributed by atoms with Crippen LogP contribution in [-0.2, 0) is 0 Å². The van der Waals surface area contributed by atoms with Gasteiger partial charge >= 0.3 is 0 Å². The third-order valence-corrected chi connectivity index (χ3v) is 3.03. The van der Waals surface area contributed by atoms with Crippen molar-refractivity contribution in [2.75, 3.05) is 29.0 Å². The van der Waals surface area contributed by atoms with Gasteiger partial charge in [0.05, 0.1) is 0 Å². The molecule has 0 bridgehead atoms. The van der Waals surface area contributed by atoms with Crippen LogP contribution in [0.25, 0.3) is 0 Å². The summed E-state index contributed by atoms with van der Waals surface area (Å²) < 4.78 is 0. The topological polar surface area (TPSA) is 93.1 Å². The van der Waals surface area contributed by atoms with E-state index in [0.717, 1.165) is 37.6 Å². The first kappa shape index (κ1) is 12.9. The molecule has 0 radical (unpaired) electrons. The van der Waals surface area contributed by atoms with Gasteiger partial charge in [-0.2, -0.15) is 9.97 Å². The highest BCUT2D eigenvalue weighted by atomic mass is 15.2. The van der Waals surface area contributed by atoms with Gasteiger partial charge in [0.1, 0.15) is 11.6 Å². The second kappa shape index (κ2) is 5.39. The van der Waals surface area contributed by atoms with E-state index in [4.69, 9.17) is 11.5 Å². The van der Waals surface area contributed by atoms with Crippen molar-refractivity contribution in [3.63, 3.8) is 0 Å². The summed E-state index contributed by atoms with van der Waals surface area (Å²) in [7, 11) is 0. The second-order valence-corrected chi connectivity index (χ2v) is 5.09. The van der Waals surface area contributed by atoms with Gasteiger partial charge in [0.15, 0.2) is 0 Å². The zero-order valence-corrected chi connectivity index (χ0v) is 11.1. The average molecular weight is 250 g/mol. The predicted octanol–water partition coefficient (Wildman–Crippen LogP) is 0.807. The number of piperidine rings is 1. The van der Waals surface area contributed by atoms with Gasteiger partial charge in [-0.3, -0.25) is 0 Å². The van der Waals surface area contributed by atoms with E-state index < -0.39 is 0 Å². The molecule has 1 saturated heterocycles. The smallest absolute Gasteiger partial charge is 0.223 e. The number of hydrogen-bond acceptors (Lipinski definition) is 6. The fraction of sp³-hybridized carbons (Fsp3) is 0.667. The van der Waals surface area contributed by atoms with Gasteiger partial charge in [0.2, 0.25) is 5.95 Å². The first-order chi connectivity index (χ1) is 8.54. The maximum absolute atomic E-state index is 5.90.